The number of anilines is 6. The molecule has 0 amide bonds. The van der Waals surface area contributed by atoms with Crippen molar-refractivity contribution in [3.05, 3.63) is 125 Å². The van der Waals surface area contributed by atoms with Crippen LogP contribution in [-0.4, -0.2) is 6.71 Å². The molecule has 4 aliphatic carbocycles. The lowest BCUT2D eigenvalue weighted by atomic mass is 9.33. The molecule has 6 aliphatic rings. The number of hydrogen-bond donors (Lipinski definition) is 0. The highest BCUT2D eigenvalue weighted by Crippen LogP contribution is 2.48. The Morgan fingerprint density at radius 3 is 1.12 bits per heavy atom. The van der Waals surface area contributed by atoms with E-state index in [4.69, 9.17) is 0 Å². The third kappa shape index (κ3) is 6.64. The van der Waals surface area contributed by atoms with Gasteiger partial charge in [-0.05, 0) is 175 Å². The molecule has 4 saturated carbocycles. The third-order valence-corrected chi connectivity index (χ3v) is 15.8. The fourth-order valence-corrected chi connectivity index (χ4v) is 12.8. The molecule has 0 bridgehead atoms. The van der Waals surface area contributed by atoms with Crippen molar-refractivity contribution >= 4 is 57.2 Å². The smallest absolute Gasteiger partial charge is 0.252 e. The first-order chi connectivity index (χ1) is 28.7. The summed E-state index contributed by atoms with van der Waals surface area (Å²) in [5.41, 5.74) is 20.2. The third-order valence-electron chi connectivity index (χ3n) is 15.8. The number of nitrogens with zero attached hydrogens (tertiary/aromatic N) is 2. The van der Waals surface area contributed by atoms with Crippen LogP contribution in [0, 0.1) is 6.92 Å². The highest BCUT2D eigenvalue weighted by molar-refractivity contribution is 7.00. The van der Waals surface area contributed by atoms with Crippen molar-refractivity contribution < 1.29 is 0 Å². The molecule has 3 heteroatoms. The van der Waals surface area contributed by atoms with Gasteiger partial charge in [0.2, 0.25) is 0 Å². The van der Waals surface area contributed by atoms with Crippen LogP contribution >= 0.6 is 0 Å². The Kier molecular flexibility index (Phi) is 9.99. The zero-order valence-electron chi connectivity index (χ0n) is 35.2. The van der Waals surface area contributed by atoms with E-state index in [0.717, 1.165) is 0 Å². The Labute approximate surface area is 349 Å². The van der Waals surface area contributed by atoms with Crippen LogP contribution in [0.1, 0.15) is 180 Å². The van der Waals surface area contributed by atoms with E-state index >= 15 is 0 Å². The summed E-state index contributed by atoms with van der Waals surface area (Å²) in [6.45, 7) is 2.54. The van der Waals surface area contributed by atoms with Gasteiger partial charge in [-0.2, -0.15) is 0 Å². The average Bonchev–Trinajstić information content (AvgIpc) is 3.29. The van der Waals surface area contributed by atoms with E-state index in [-0.39, 0.29) is 6.71 Å². The number of fused-ring (bicyclic) bond motifs is 4. The molecule has 0 unspecified atom stereocenters. The van der Waals surface area contributed by atoms with E-state index < -0.39 is 0 Å². The van der Waals surface area contributed by atoms with Gasteiger partial charge in [-0.3, -0.25) is 0 Å². The van der Waals surface area contributed by atoms with Gasteiger partial charge in [0, 0.05) is 34.1 Å². The minimum Gasteiger partial charge on any atom is -0.311 e. The Bertz CT molecular complexity index is 2130. The first-order valence-electron chi connectivity index (χ1n) is 23.9. The molecule has 0 aromatic heterocycles. The molecule has 5 aromatic carbocycles. The molecule has 5 aromatic rings. The maximum atomic E-state index is 2.72. The van der Waals surface area contributed by atoms with E-state index in [9.17, 15) is 0 Å². The number of benzene rings is 5. The molecule has 58 heavy (non-hydrogen) atoms. The quantitative estimate of drug-likeness (QED) is 0.156. The largest absolute Gasteiger partial charge is 0.311 e. The zero-order valence-corrected chi connectivity index (χ0v) is 35.2. The SMILES string of the molecule is Cc1cc2c3c(c1)N(c1cccc(C4CCCCC4)c1)c1cc(C4CCCCC4)ccc1B3c1ccc(C3CCCCC3)cc1N2c1cccc(C2CCCCC2)c1. The van der Waals surface area contributed by atoms with Gasteiger partial charge in [0.25, 0.3) is 6.71 Å². The van der Waals surface area contributed by atoms with Gasteiger partial charge >= 0.3 is 0 Å². The van der Waals surface area contributed by atoms with Crippen molar-refractivity contribution in [2.45, 2.75) is 159 Å². The predicted octanol–water partition coefficient (Wildman–Crippen LogP) is 14.3. The highest BCUT2D eigenvalue weighted by atomic mass is 15.2. The molecule has 0 N–H and O–H groups in total. The van der Waals surface area contributed by atoms with Gasteiger partial charge in [0.05, 0.1) is 0 Å². The Morgan fingerprint density at radius 1 is 0.379 bits per heavy atom. The van der Waals surface area contributed by atoms with Crippen LogP contribution in [0.3, 0.4) is 0 Å². The second-order valence-corrected chi connectivity index (χ2v) is 19.5. The second kappa shape index (κ2) is 15.7. The summed E-state index contributed by atoms with van der Waals surface area (Å²) in [6, 6.07) is 40.2. The molecule has 296 valence electrons. The average molecular weight is 763 g/mol. The molecule has 2 aliphatic heterocycles. The minimum atomic E-state index is 0.187. The van der Waals surface area contributed by atoms with Gasteiger partial charge in [-0.25, -0.2) is 0 Å². The maximum Gasteiger partial charge on any atom is 0.252 e. The molecular weight excluding hydrogens is 699 g/mol. The lowest BCUT2D eigenvalue weighted by Gasteiger charge is -2.45. The standard InChI is InChI=1S/C55H63BN2/c1-38-32-53-55-54(33-38)58(48-27-15-25-44(35-48)40-18-8-3-9-19-40)52-37-46(42-22-12-5-13-23-42)29-31-50(52)56(55)49-30-28-45(41-20-10-4-11-21-41)36-51(49)57(53)47-26-14-24-43(34-47)39-16-6-2-7-17-39/h14-15,24-37,39-42H,2-13,16-23H2,1H3. The van der Waals surface area contributed by atoms with Crippen LogP contribution in [0.5, 0.6) is 0 Å². The first-order valence-corrected chi connectivity index (χ1v) is 23.9. The van der Waals surface area contributed by atoms with Gasteiger partial charge in [0.15, 0.2) is 0 Å². The van der Waals surface area contributed by atoms with Gasteiger partial charge in [0.1, 0.15) is 0 Å². The van der Waals surface area contributed by atoms with Crippen molar-refractivity contribution in [3.8, 4) is 0 Å². The van der Waals surface area contributed by atoms with Crippen LogP contribution in [0.4, 0.5) is 34.1 Å². The van der Waals surface area contributed by atoms with Crippen molar-refractivity contribution in [1.29, 1.82) is 0 Å². The summed E-state index contributed by atoms with van der Waals surface area (Å²) in [7, 11) is 0. The lowest BCUT2D eigenvalue weighted by Crippen LogP contribution is -2.61. The zero-order chi connectivity index (χ0) is 38.6. The summed E-state index contributed by atoms with van der Waals surface area (Å²) in [5.74, 6) is 2.66. The van der Waals surface area contributed by atoms with Gasteiger partial charge < -0.3 is 9.80 Å². The van der Waals surface area contributed by atoms with Crippen LogP contribution in [-0.2, 0) is 0 Å². The van der Waals surface area contributed by atoms with E-state index in [1.807, 2.05) is 0 Å². The van der Waals surface area contributed by atoms with Crippen molar-refractivity contribution in [2.24, 2.45) is 0 Å². The van der Waals surface area contributed by atoms with E-state index in [1.54, 1.807) is 11.1 Å². The molecule has 0 spiro atoms. The van der Waals surface area contributed by atoms with Crippen LogP contribution in [0.25, 0.3) is 0 Å². The monoisotopic (exact) mass is 763 g/mol. The first kappa shape index (κ1) is 36.8. The van der Waals surface area contributed by atoms with Crippen molar-refractivity contribution in [2.75, 3.05) is 9.80 Å². The molecule has 4 fully saturated rings. The molecule has 2 nitrogen and oxygen atoms in total. The van der Waals surface area contributed by atoms with E-state index in [2.05, 4.69) is 114 Å². The summed E-state index contributed by atoms with van der Waals surface area (Å²) in [6.07, 6.45) is 27.0. The molecular formula is C55H63BN2. The summed E-state index contributed by atoms with van der Waals surface area (Å²) in [5, 5.41) is 0. The van der Waals surface area contributed by atoms with Crippen LogP contribution in [0.2, 0.25) is 0 Å². The summed E-state index contributed by atoms with van der Waals surface area (Å²) >= 11 is 0. The molecule has 2 heterocycles. The van der Waals surface area contributed by atoms with E-state index in [0.29, 0.717) is 23.7 Å². The number of hydrogen-bond acceptors (Lipinski definition) is 2. The predicted molar refractivity (Wildman–Crippen MR) is 249 cm³/mol. The minimum absolute atomic E-state index is 0.187. The summed E-state index contributed by atoms with van der Waals surface area (Å²) in [4.78, 5) is 5.43. The fraction of sp³-hybridized carbons (Fsp3) is 0.455. The topological polar surface area (TPSA) is 6.48 Å². The van der Waals surface area contributed by atoms with Crippen LogP contribution < -0.4 is 26.2 Å². The van der Waals surface area contributed by atoms with Crippen molar-refractivity contribution in [1.82, 2.24) is 0 Å². The maximum absolute atomic E-state index is 2.72. The number of rotatable bonds is 6. The Morgan fingerprint density at radius 2 is 0.741 bits per heavy atom. The molecule has 0 radical (unpaired) electrons. The Balaban J connectivity index is 1.13. The highest BCUT2D eigenvalue weighted by Gasteiger charge is 2.44. The van der Waals surface area contributed by atoms with E-state index in [1.165, 1.54) is 196 Å². The molecule has 11 rings (SSSR count). The van der Waals surface area contributed by atoms with Crippen molar-refractivity contribution in [3.63, 3.8) is 0 Å². The number of aryl methyl sites for hydroxylation is 1. The second-order valence-electron chi connectivity index (χ2n) is 19.5. The molecule has 0 saturated heterocycles. The lowest BCUT2D eigenvalue weighted by molar-refractivity contribution is 0.443. The normalized spacial score (nSPS) is 20.5. The molecule has 0 atom stereocenters. The fourth-order valence-electron chi connectivity index (χ4n) is 12.8. The summed E-state index contributed by atoms with van der Waals surface area (Å²) < 4.78 is 0. The van der Waals surface area contributed by atoms with Crippen LogP contribution in [0.15, 0.2) is 97.1 Å². The van der Waals surface area contributed by atoms with Gasteiger partial charge in [-0.1, -0.05) is 126 Å². The Hall–Kier alpha value is -4.24. The van der Waals surface area contributed by atoms with Gasteiger partial charge in [-0.15, -0.1) is 0 Å².